The smallest absolute Gasteiger partial charge is 0.388 e. The number of benzene rings is 3. The van der Waals surface area contributed by atoms with Crippen molar-refractivity contribution in [1.82, 2.24) is 4.90 Å². The van der Waals surface area contributed by atoms with Crippen LogP contribution in [0, 0.1) is 0 Å². The van der Waals surface area contributed by atoms with Gasteiger partial charge in [-0.15, -0.1) is 0 Å². The van der Waals surface area contributed by atoms with E-state index in [2.05, 4.69) is 0 Å². The van der Waals surface area contributed by atoms with E-state index in [4.69, 9.17) is 0 Å². The molecule has 3 aromatic carbocycles. The average Bonchev–Trinajstić information content (AvgIpc) is 2.88. The highest BCUT2D eigenvalue weighted by Crippen LogP contribution is 2.43. The molecule has 6 heteroatoms. The molecule has 1 heterocycles. The second kappa shape index (κ2) is 10.0. The number of alkyl halides is 3. The van der Waals surface area contributed by atoms with E-state index in [-0.39, 0.29) is 17.9 Å². The number of nitrogens with zero attached hydrogens (tertiary/aromatic N) is 1. The van der Waals surface area contributed by atoms with E-state index in [1.807, 2.05) is 65.6 Å². The van der Waals surface area contributed by atoms with Gasteiger partial charge in [0.15, 0.2) is 0 Å². The molecule has 0 saturated carbocycles. The molecule has 1 unspecified atom stereocenters. The zero-order valence-corrected chi connectivity index (χ0v) is 18.8. The summed E-state index contributed by atoms with van der Waals surface area (Å²) >= 11 is 0. The van der Waals surface area contributed by atoms with Crippen LogP contribution in [0.1, 0.15) is 54.0 Å². The number of aliphatic hydroxyl groups is 1. The van der Waals surface area contributed by atoms with Gasteiger partial charge in [0.05, 0.1) is 11.7 Å². The molecule has 34 heavy (non-hydrogen) atoms. The molecule has 1 N–H and O–H groups in total. The van der Waals surface area contributed by atoms with E-state index in [0.717, 1.165) is 31.4 Å². The van der Waals surface area contributed by atoms with Gasteiger partial charge >= 0.3 is 6.18 Å². The van der Waals surface area contributed by atoms with Gasteiger partial charge in [-0.05, 0) is 48.1 Å². The van der Waals surface area contributed by atoms with Crippen LogP contribution in [-0.2, 0) is 16.4 Å². The fraction of sp³-hybridized carbons (Fsp3) is 0.321. The van der Waals surface area contributed by atoms with E-state index in [0.29, 0.717) is 24.2 Å². The molecule has 1 aliphatic heterocycles. The lowest BCUT2D eigenvalue weighted by molar-refractivity contribution is -0.139. The Morgan fingerprint density at radius 1 is 0.794 bits per heavy atom. The summed E-state index contributed by atoms with van der Waals surface area (Å²) < 4.78 is 40.0. The lowest BCUT2D eigenvalue weighted by Crippen LogP contribution is -2.50. The fourth-order valence-electron chi connectivity index (χ4n) is 4.88. The van der Waals surface area contributed by atoms with Crippen LogP contribution in [0.4, 0.5) is 13.2 Å². The second-order valence-corrected chi connectivity index (χ2v) is 8.83. The van der Waals surface area contributed by atoms with Gasteiger partial charge in [0.2, 0.25) is 5.91 Å². The SMILES string of the molecule is O=C(N1CCCCC1)C(CC(O)c1cccc(C(F)(F)F)c1)(c1ccccc1)c1ccccc1. The number of hydrogen-bond acceptors (Lipinski definition) is 2. The number of carbonyl (C=O) groups excluding carboxylic acids is 1. The lowest BCUT2D eigenvalue weighted by atomic mass is 9.68. The lowest BCUT2D eigenvalue weighted by Gasteiger charge is -2.41. The van der Waals surface area contributed by atoms with Crippen LogP contribution in [0.15, 0.2) is 84.9 Å². The van der Waals surface area contributed by atoms with Crippen LogP contribution in [0.2, 0.25) is 0 Å². The Morgan fingerprint density at radius 2 is 1.32 bits per heavy atom. The molecule has 178 valence electrons. The van der Waals surface area contributed by atoms with Crippen LogP contribution in [0.5, 0.6) is 0 Å². The summed E-state index contributed by atoms with van der Waals surface area (Å²) in [6, 6.07) is 23.2. The summed E-state index contributed by atoms with van der Waals surface area (Å²) in [5.41, 5.74) is -0.507. The quantitative estimate of drug-likeness (QED) is 0.474. The molecule has 0 aromatic heterocycles. The number of hydrogen-bond donors (Lipinski definition) is 1. The molecule has 1 saturated heterocycles. The Morgan fingerprint density at radius 3 is 1.85 bits per heavy atom. The van der Waals surface area contributed by atoms with E-state index >= 15 is 0 Å². The molecule has 1 amide bonds. The molecule has 4 rings (SSSR count). The molecule has 0 spiro atoms. The van der Waals surface area contributed by atoms with Crippen molar-refractivity contribution in [2.24, 2.45) is 0 Å². The zero-order valence-electron chi connectivity index (χ0n) is 18.8. The molecule has 1 aliphatic rings. The highest BCUT2D eigenvalue weighted by Gasteiger charge is 2.46. The predicted molar refractivity (Wildman–Crippen MR) is 125 cm³/mol. The highest BCUT2D eigenvalue weighted by molar-refractivity contribution is 5.92. The van der Waals surface area contributed by atoms with Crippen LogP contribution < -0.4 is 0 Å². The number of rotatable bonds is 6. The van der Waals surface area contributed by atoms with Crippen LogP contribution >= 0.6 is 0 Å². The number of halogens is 3. The Hall–Kier alpha value is -3.12. The summed E-state index contributed by atoms with van der Waals surface area (Å²) in [5.74, 6) is -0.129. The molecule has 0 radical (unpaired) electrons. The van der Waals surface area contributed by atoms with Crippen LogP contribution in [0.3, 0.4) is 0 Å². The summed E-state index contributed by atoms with van der Waals surface area (Å²) in [6.45, 7) is 1.25. The van der Waals surface area contributed by atoms with Crippen molar-refractivity contribution in [1.29, 1.82) is 0 Å². The minimum Gasteiger partial charge on any atom is -0.388 e. The van der Waals surface area contributed by atoms with Gasteiger partial charge in [0.25, 0.3) is 0 Å². The van der Waals surface area contributed by atoms with Crippen molar-refractivity contribution in [3.63, 3.8) is 0 Å². The first-order valence-electron chi connectivity index (χ1n) is 11.6. The van der Waals surface area contributed by atoms with E-state index in [9.17, 15) is 23.1 Å². The average molecular weight is 468 g/mol. The number of amides is 1. The van der Waals surface area contributed by atoms with Crippen molar-refractivity contribution in [2.75, 3.05) is 13.1 Å². The number of carbonyl (C=O) groups is 1. The number of likely N-dealkylation sites (tertiary alicyclic amines) is 1. The Balaban J connectivity index is 1.84. The van der Waals surface area contributed by atoms with Gasteiger partial charge < -0.3 is 10.0 Å². The van der Waals surface area contributed by atoms with Crippen molar-refractivity contribution in [3.8, 4) is 0 Å². The minimum absolute atomic E-state index is 0.0718. The van der Waals surface area contributed by atoms with Gasteiger partial charge in [0.1, 0.15) is 5.41 Å². The predicted octanol–water partition coefficient (Wildman–Crippen LogP) is 6.13. The van der Waals surface area contributed by atoms with Gasteiger partial charge in [-0.3, -0.25) is 4.79 Å². The molecule has 3 aromatic rings. The Bertz CT molecular complexity index is 1050. The summed E-state index contributed by atoms with van der Waals surface area (Å²) in [5, 5.41) is 11.3. The monoisotopic (exact) mass is 467 g/mol. The maximum absolute atomic E-state index is 14.2. The normalized spacial score (nSPS) is 15.7. The van der Waals surface area contributed by atoms with E-state index < -0.39 is 23.3 Å². The molecule has 3 nitrogen and oxygen atoms in total. The maximum Gasteiger partial charge on any atom is 0.416 e. The van der Waals surface area contributed by atoms with Crippen LogP contribution in [0.25, 0.3) is 0 Å². The maximum atomic E-state index is 14.2. The van der Waals surface area contributed by atoms with Crippen molar-refractivity contribution in [2.45, 2.75) is 43.4 Å². The van der Waals surface area contributed by atoms with E-state index in [1.165, 1.54) is 12.1 Å². The first-order valence-corrected chi connectivity index (χ1v) is 11.6. The molecule has 0 aliphatic carbocycles. The molecule has 1 atom stereocenters. The number of aliphatic hydroxyl groups excluding tert-OH is 1. The Labute approximate surface area is 197 Å². The molecular weight excluding hydrogens is 439 g/mol. The Kier molecular flexibility index (Phi) is 7.08. The number of piperidine rings is 1. The van der Waals surface area contributed by atoms with Gasteiger partial charge in [0, 0.05) is 19.5 Å². The summed E-state index contributed by atoms with van der Waals surface area (Å²) in [7, 11) is 0. The van der Waals surface area contributed by atoms with Gasteiger partial charge in [-0.1, -0.05) is 72.8 Å². The summed E-state index contributed by atoms with van der Waals surface area (Å²) in [6.07, 6.45) is -3.01. The third-order valence-corrected chi connectivity index (χ3v) is 6.64. The third-order valence-electron chi connectivity index (χ3n) is 6.64. The fourth-order valence-corrected chi connectivity index (χ4v) is 4.88. The van der Waals surface area contributed by atoms with Gasteiger partial charge in [-0.2, -0.15) is 13.2 Å². The van der Waals surface area contributed by atoms with E-state index in [1.54, 1.807) is 0 Å². The molecular formula is C28H28F3NO2. The van der Waals surface area contributed by atoms with Crippen molar-refractivity contribution in [3.05, 3.63) is 107 Å². The molecule has 0 bridgehead atoms. The van der Waals surface area contributed by atoms with Gasteiger partial charge in [-0.25, -0.2) is 0 Å². The summed E-state index contributed by atoms with van der Waals surface area (Å²) in [4.78, 5) is 16.1. The standard InChI is InChI=1S/C28H28F3NO2/c29-28(30,31)24-16-10-11-21(19-24)25(33)20-27(22-12-4-1-5-13-22,23-14-6-2-7-15-23)26(34)32-17-8-3-9-18-32/h1-2,4-7,10-16,19,25,33H,3,8-9,17-18,20H2. The van der Waals surface area contributed by atoms with Crippen molar-refractivity contribution >= 4 is 5.91 Å². The zero-order chi connectivity index (χ0) is 24.2. The second-order valence-electron chi connectivity index (χ2n) is 8.83. The third kappa shape index (κ3) is 4.87. The van der Waals surface area contributed by atoms with Crippen molar-refractivity contribution < 1.29 is 23.1 Å². The van der Waals surface area contributed by atoms with Crippen LogP contribution in [-0.4, -0.2) is 29.0 Å². The largest absolute Gasteiger partial charge is 0.416 e. The molecule has 1 fully saturated rings. The first-order chi connectivity index (χ1) is 16.3. The highest BCUT2D eigenvalue weighted by atomic mass is 19.4. The topological polar surface area (TPSA) is 40.5 Å². The first kappa shape index (κ1) is 24.0. The minimum atomic E-state index is -4.52.